The minimum Gasteiger partial charge on any atom is -0.463 e. The summed E-state index contributed by atoms with van der Waals surface area (Å²) in [6.45, 7) is 15.3. The fourth-order valence-corrected chi connectivity index (χ4v) is 4.18. The van der Waals surface area contributed by atoms with Gasteiger partial charge in [0.2, 0.25) is 0 Å². The summed E-state index contributed by atoms with van der Waals surface area (Å²) in [5.74, 6) is -1.71. The van der Waals surface area contributed by atoms with Crippen molar-refractivity contribution in [3.63, 3.8) is 0 Å². The molecule has 2 rings (SSSR count). The summed E-state index contributed by atoms with van der Waals surface area (Å²) in [5.41, 5.74) is -0.857. The minimum atomic E-state index is -0.857. The Labute approximate surface area is 265 Å². The zero-order valence-corrected chi connectivity index (χ0v) is 26.7. The van der Waals surface area contributed by atoms with E-state index >= 15 is 0 Å². The number of carbonyl (C=O) groups excluding carboxylic acids is 4. The molecule has 14 heteroatoms. The fraction of sp³-hybridized carbons (Fsp3) is 0.742. The molecule has 0 bridgehead atoms. The predicted octanol–water partition coefficient (Wildman–Crippen LogP) is 0.772. The van der Waals surface area contributed by atoms with Gasteiger partial charge in [-0.05, 0) is 13.8 Å². The van der Waals surface area contributed by atoms with Gasteiger partial charge in [0.05, 0.1) is 71.1 Å². The van der Waals surface area contributed by atoms with Gasteiger partial charge in [-0.1, -0.05) is 13.2 Å². The number of hydrogen-bond donors (Lipinski definition) is 0. The zero-order chi connectivity index (χ0) is 32.9. The summed E-state index contributed by atoms with van der Waals surface area (Å²) in [5, 5.41) is 0. The highest BCUT2D eigenvalue weighted by molar-refractivity contribution is 5.81. The predicted molar refractivity (Wildman–Crippen MR) is 161 cm³/mol. The number of carbonyl (C=O) groups is 4. The first-order valence-electron chi connectivity index (χ1n) is 15.4. The molecule has 4 unspecified atom stereocenters. The van der Waals surface area contributed by atoms with Crippen molar-refractivity contribution in [2.45, 2.75) is 38.8 Å². The molecular formula is C31H50N2O12. The average Bonchev–Trinajstić information content (AvgIpc) is 3.94. The Morgan fingerprint density at radius 2 is 0.911 bits per heavy atom. The summed E-state index contributed by atoms with van der Waals surface area (Å²) in [6.07, 6.45) is 2.76. The van der Waals surface area contributed by atoms with Crippen molar-refractivity contribution in [2.75, 3.05) is 105 Å². The third kappa shape index (κ3) is 18.0. The van der Waals surface area contributed by atoms with Crippen LogP contribution < -0.4 is 0 Å². The van der Waals surface area contributed by atoms with Crippen LogP contribution in [-0.2, 0) is 57.1 Å². The lowest BCUT2D eigenvalue weighted by atomic mass is 9.92. The molecule has 0 aromatic carbocycles. The van der Waals surface area contributed by atoms with E-state index in [1.54, 1.807) is 0 Å². The first-order chi connectivity index (χ1) is 21.7. The van der Waals surface area contributed by atoms with Crippen LogP contribution in [0.4, 0.5) is 0 Å². The first kappa shape index (κ1) is 38.3. The van der Waals surface area contributed by atoms with Crippen LogP contribution in [0.5, 0.6) is 0 Å². The first-order valence-corrected chi connectivity index (χ1v) is 15.4. The molecule has 2 aliphatic heterocycles. The van der Waals surface area contributed by atoms with E-state index in [1.165, 1.54) is 0 Å². The Kier molecular flexibility index (Phi) is 18.5. The lowest BCUT2D eigenvalue weighted by Crippen LogP contribution is -2.43. The zero-order valence-electron chi connectivity index (χ0n) is 26.7. The summed E-state index contributed by atoms with van der Waals surface area (Å²) < 4.78 is 43.9. The Hall–Kier alpha value is -2.88. The topological polar surface area (TPSA) is 148 Å². The smallest absolute Gasteiger partial charge is 0.330 e. The van der Waals surface area contributed by atoms with Crippen molar-refractivity contribution in [1.82, 2.24) is 9.80 Å². The summed E-state index contributed by atoms with van der Waals surface area (Å²) in [4.78, 5) is 51.2. The van der Waals surface area contributed by atoms with Gasteiger partial charge in [-0.15, -0.1) is 0 Å². The van der Waals surface area contributed by atoms with E-state index in [9.17, 15) is 19.2 Å². The van der Waals surface area contributed by atoms with Crippen LogP contribution in [0.3, 0.4) is 0 Å². The van der Waals surface area contributed by atoms with E-state index < -0.39 is 17.4 Å². The minimum absolute atomic E-state index is 0.0132. The van der Waals surface area contributed by atoms with E-state index in [-0.39, 0.29) is 91.2 Å². The molecule has 2 saturated heterocycles. The number of esters is 4. The standard InChI is InChI=1S/C31H50N2O12/c1-5-27(34)42-15-11-38-21-31(22-39-12-16-43-28(35)6-2,23-40-13-17-44-29(36)7-9-32-19-25(32)3)24-41-14-18-45-30(37)8-10-33-20-26(33)4/h5-6,25-26H,1-2,7-24H2,3-4H3. The van der Waals surface area contributed by atoms with Crippen LogP contribution in [-0.4, -0.2) is 151 Å². The molecule has 2 aliphatic rings. The molecule has 14 nitrogen and oxygen atoms in total. The van der Waals surface area contributed by atoms with Crippen LogP contribution in [0.15, 0.2) is 25.3 Å². The van der Waals surface area contributed by atoms with Crippen molar-refractivity contribution in [2.24, 2.45) is 5.41 Å². The molecule has 0 aromatic heterocycles. The summed E-state index contributed by atoms with van der Waals surface area (Å²) >= 11 is 0. The van der Waals surface area contributed by atoms with Crippen LogP contribution in [0.2, 0.25) is 0 Å². The van der Waals surface area contributed by atoms with E-state index in [0.29, 0.717) is 38.0 Å². The highest BCUT2D eigenvalue weighted by Gasteiger charge is 2.33. The summed E-state index contributed by atoms with van der Waals surface area (Å²) in [7, 11) is 0. The second kappa shape index (κ2) is 21.8. The van der Waals surface area contributed by atoms with Gasteiger partial charge >= 0.3 is 23.9 Å². The SMILES string of the molecule is C=CC(=O)OCCOCC(COCCOC(=O)C=C)(COCCOC(=O)CCN1CC1C)COCCOC(=O)CCN1CC1C. The Morgan fingerprint density at radius 3 is 1.20 bits per heavy atom. The maximum atomic E-state index is 12.0. The third-order valence-electron chi connectivity index (χ3n) is 7.08. The van der Waals surface area contributed by atoms with Gasteiger partial charge < -0.3 is 37.9 Å². The lowest BCUT2D eigenvalue weighted by molar-refractivity contribution is -0.150. The van der Waals surface area contributed by atoms with E-state index in [2.05, 4.69) is 36.8 Å². The molecule has 0 radical (unpaired) electrons. The highest BCUT2D eigenvalue weighted by atomic mass is 16.6. The van der Waals surface area contributed by atoms with Gasteiger partial charge in [0.25, 0.3) is 0 Å². The quantitative estimate of drug-likeness (QED) is 0.0389. The van der Waals surface area contributed by atoms with Crippen molar-refractivity contribution in [1.29, 1.82) is 0 Å². The second-order valence-electron chi connectivity index (χ2n) is 11.1. The van der Waals surface area contributed by atoms with Gasteiger partial charge in [-0.3, -0.25) is 19.4 Å². The van der Waals surface area contributed by atoms with Gasteiger partial charge in [-0.2, -0.15) is 0 Å². The van der Waals surface area contributed by atoms with Gasteiger partial charge in [-0.25, -0.2) is 9.59 Å². The van der Waals surface area contributed by atoms with Crippen LogP contribution >= 0.6 is 0 Å². The Morgan fingerprint density at radius 1 is 0.600 bits per heavy atom. The van der Waals surface area contributed by atoms with E-state index in [4.69, 9.17) is 37.9 Å². The number of ether oxygens (including phenoxy) is 8. The molecule has 0 amide bonds. The lowest BCUT2D eigenvalue weighted by Gasteiger charge is -2.33. The maximum absolute atomic E-state index is 12.0. The van der Waals surface area contributed by atoms with Gasteiger partial charge in [0, 0.05) is 50.4 Å². The molecule has 0 saturated carbocycles. The molecule has 4 atom stereocenters. The van der Waals surface area contributed by atoms with Crippen molar-refractivity contribution < 1.29 is 57.1 Å². The number of nitrogens with zero attached hydrogens (tertiary/aromatic N) is 2. The molecule has 256 valence electrons. The van der Waals surface area contributed by atoms with E-state index in [1.807, 2.05) is 0 Å². The van der Waals surface area contributed by atoms with Crippen LogP contribution in [0.25, 0.3) is 0 Å². The largest absolute Gasteiger partial charge is 0.463 e. The van der Waals surface area contributed by atoms with Crippen molar-refractivity contribution in [3.8, 4) is 0 Å². The molecule has 2 heterocycles. The molecule has 45 heavy (non-hydrogen) atoms. The number of hydrogen-bond acceptors (Lipinski definition) is 14. The van der Waals surface area contributed by atoms with Gasteiger partial charge in [0.1, 0.15) is 26.4 Å². The monoisotopic (exact) mass is 642 g/mol. The fourth-order valence-electron chi connectivity index (χ4n) is 4.18. The molecule has 2 fully saturated rings. The highest BCUT2D eigenvalue weighted by Crippen LogP contribution is 2.21. The molecular weight excluding hydrogens is 592 g/mol. The average molecular weight is 643 g/mol. The van der Waals surface area contributed by atoms with Crippen molar-refractivity contribution >= 4 is 23.9 Å². The van der Waals surface area contributed by atoms with Crippen molar-refractivity contribution in [3.05, 3.63) is 25.3 Å². The maximum Gasteiger partial charge on any atom is 0.330 e. The molecule has 0 spiro atoms. The second-order valence-corrected chi connectivity index (χ2v) is 11.1. The molecule has 0 aliphatic carbocycles. The Bertz CT molecular complexity index is 872. The third-order valence-corrected chi connectivity index (χ3v) is 7.08. The normalized spacial score (nSPS) is 20.1. The number of rotatable bonds is 28. The van der Waals surface area contributed by atoms with E-state index in [0.717, 1.165) is 25.2 Å². The summed E-state index contributed by atoms with van der Waals surface area (Å²) in [6, 6.07) is 1.04. The van der Waals surface area contributed by atoms with Crippen LogP contribution in [0.1, 0.15) is 26.7 Å². The molecule has 0 aromatic rings. The van der Waals surface area contributed by atoms with Gasteiger partial charge in [0.15, 0.2) is 0 Å². The van der Waals surface area contributed by atoms with Crippen LogP contribution in [0, 0.1) is 5.41 Å². The molecule has 0 N–H and O–H groups in total. The Balaban J connectivity index is 1.86.